The molecule has 1 aliphatic heterocycles. The van der Waals surface area contributed by atoms with E-state index in [1.165, 1.54) is 11.3 Å². The van der Waals surface area contributed by atoms with Gasteiger partial charge in [-0.1, -0.05) is 6.07 Å². The van der Waals surface area contributed by atoms with Crippen molar-refractivity contribution in [2.24, 2.45) is 0 Å². The minimum absolute atomic E-state index is 0.0239. The molecule has 146 valence electrons. The molecule has 3 aromatic rings. The summed E-state index contributed by atoms with van der Waals surface area (Å²) < 4.78 is 11.0. The first kappa shape index (κ1) is 19.0. The van der Waals surface area contributed by atoms with Crippen LogP contribution in [0, 0.1) is 6.92 Å². The second-order valence-corrected chi connectivity index (χ2v) is 8.62. The molecule has 3 heterocycles. The van der Waals surface area contributed by atoms with Crippen LogP contribution in [0.2, 0.25) is 0 Å². The van der Waals surface area contributed by atoms with E-state index in [0.29, 0.717) is 0 Å². The molecule has 1 amide bonds. The molecule has 1 unspecified atom stereocenters. The van der Waals surface area contributed by atoms with Crippen LogP contribution in [-0.4, -0.2) is 36.6 Å². The van der Waals surface area contributed by atoms with E-state index in [0.717, 1.165) is 56.9 Å². The van der Waals surface area contributed by atoms with E-state index in [1.807, 2.05) is 47.5 Å². The maximum absolute atomic E-state index is 13.4. The number of thiazole rings is 1. The van der Waals surface area contributed by atoms with Gasteiger partial charge in [0, 0.05) is 12.1 Å². The van der Waals surface area contributed by atoms with E-state index >= 15 is 0 Å². The molecule has 1 fully saturated rings. The normalized spacial score (nSPS) is 16.4. The van der Waals surface area contributed by atoms with Gasteiger partial charge in [0.25, 0.3) is 5.91 Å². The predicted molar refractivity (Wildman–Crippen MR) is 113 cm³/mol. The van der Waals surface area contributed by atoms with Gasteiger partial charge in [0.2, 0.25) is 0 Å². The lowest BCUT2D eigenvalue weighted by Gasteiger charge is -2.26. The Bertz CT molecular complexity index is 982. The standard InChI is InChI=1S/C21H22N2O3S2/c1-13-19(28-20(22-13)18-7-5-11-27-18)21(24)23-10-4-6-16(23)15-12-14(25-2)8-9-17(15)26-3/h5,7-9,11-12,16H,4,6,10H2,1-3H3. The number of rotatable bonds is 5. The topological polar surface area (TPSA) is 51.7 Å². The van der Waals surface area contributed by atoms with Crippen LogP contribution in [0.1, 0.15) is 39.8 Å². The number of benzene rings is 1. The van der Waals surface area contributed by atoms with Crippen molar-refractivity contribution in [2.75, 3.05) is 20.8 Å². The molecule has 1 aromatic carbocycles. The first-order chi connectivity index (χ1) is 13.6. The number of methoxy groups -OCH3 is 2. The molecule has 7 heteroatoms. The third kappa shape index (κ3) is 3.40. The van der Waals surface area contributed by atoms with Gasteiger partial charge in [0.1, 0.15) is 21.4 Å². The number of hydrogen-bond donors (Lipinski definition) is 0. The van der Waals surface area contributed by atoms with Crippen LogP contribution in [0.15, 0.2) is 35.7 Å². The highest BCUT2D eigenvalue weighted by atomic mass is 32.1. The van der Waals surface area contributed by atoms with Crippen molar-refractivity contribution >= 4 is 28.6 Å². The van der Waals surface area contributed by atoms with Crippen molar-refractivity contribution in [3.63, 3.8) is 0 Å². The second-order valence-electron chi connectivity index (χ2n) is 6.68. The van der Waals surface area contributed by atoms with Crippen LogP contribution in [0.3, 0.4) is 0 Å². The highest BCUT2D eigenvalue weighted by Crippen LogP contribution is 2.41. The van der Waals surface area contributed by atoms with Crippen LogP contribution < -0.4 is 9.47 Å². The predicted octanol–water partition coefficient (Wildman–Crippen LogP) is 5.17. The molecule has 0 radical (unpaired) electrons. The number of carbonyl (C=O) groups excluding carboxylic acids is 1. The Kier molecular flexibility index (Phi) is 5.37. The summed E-state index contributed by atoms with van der Waals surface area (Å²) in [5.74, 6) is 1.60. The second kappa shape index (κ2) is 7.93. The Morgan fingerprint density at radius 3 is 2.82 bits per heavy atom. The molecule has 2 aromatic heterocycles. The van der Waals surface area contributed by atoms with Crippen molar-refractivity contribution in [1.82, 2.24) is 9.88 Å². The Morgan fingerprint density at radius 1 is 1.25 bits per heavy atom. The van der Waals surface area contributed by atoms with Crippen LogP contribution in [0.25, 0.3) is 9.88 Å². The molecule has 0 saturated carbocycles. The van der Waals surface area contributed by atoms with Crippen molar-refractivity contribution in [2.45, 2.75) is 25.8 Å². The first-order valence-electron chi connectivity index (χ1n) is 9.16. The van der Waals surface area contributed by atoms with Gasteiger partial charge < -0.3 is 14.4 Å². The van der Waals surface area contributed by atoms with Crippen LogP contribution in [0.5, 0.6) is 11.5 Å². The van der Waals surface area contributed by atoms with Gasteiger partial charge >= 0.3 is 0 Å². The highest BCUT2D eigenvalue weighted by Gasteiger charge is 2.34. The lowest BCUT2D eigenvalue weighted by Crippen LogP contribution is -2.30. The van der Waals surface area contributed by atoms with Gasteiger partial charge in [-0.25, -0.2) is 4.98 Å². The third-order valence-corrected chi connectivity index (χ3v) is 7.22. The van der Waals surface area contributed by atoms with E-state index in [2.05, 4.69) is 4.98 Å². The summed E-state index contributed by atoms with van der Waals surface area (Å²) in [5, 5.41) is 2.93. The van der Waals surface area contributed by atoms with Crippen LogP contribution in [-0.2, 0) is 0 Å². The van der Waals surface area contributed by atoms with Crippen molar-refractivity contribution in [3.05, 3.63) is 51.8 Å². The average molecular weight is 415 g/mol. The van der Waals surface area contributed by atoms with Gasteiger partial charge in [-0.2, -0.15) is 0 Å². The number of aryl methyl sites for hydroxylation is 1. The fourth-order valence-corrected chi connectivity index (χ4v) is 5.48. The van der Waals surface area contributed by atoms with Gasteiger partial charge in [0.05, 0.1) is 30.8 Å². The fraction of sp³-hybridized carbons (Fsp3) is 0.333. The van der Waals surface area contributed by atoms with E-state index in [1.54, 1.807) is 25.6 Å². The van der Waals surface area contributed by atoms with Gasteiger partial charge in [-0.05, 0) is 49.4 Å². The third-order valence-electron chi connectivity index (χ3n) is 5.03. The zero-order valence-electron chi connectivity index (χ0n) is 16.1. The van der Waals surface area contributed by atoms with Gasteiger partial charge in [-0.3, -0.25) is 4.79 Å². The summed E-state index contributed by atoms with van der Waals surface area (Å²) in [7, 11) is 3.31. The van der Waals surface area contributed by atoms with Crippen molar-refractivity contribution < 1.29 is 14.3 Å². The fourth-order valence-electron chi connectivity index (χ4n) is 3.66. The van der Waals surface area contributed by atoms with Crippen molar-refractivity contribution in [3.8, 4) is 21.4 Å². The minimum atomic E-state index is -0.0239. The number of carbonyl (C=O) groups is 1. The zero-order valence-corrected chi connectivity index (χ0v) is 17.7. The largest absolute Gasteiger partial charge is 0.497 e. The molecular formula is C21H22N2O3S2. The lowest BCUT2D eigenvalue weighted by molar-refractivity contribution is 0.0738. The molecule has 1 atom stereocenters. The average Bonchev–Trinajstić information content (AvgIpc) is 3.46. The van der Waals surface area contributed by atoms with E-state index in [-0.39, 0.29) is 11.9 Å². The van der Waals surface area contributed by atoms with E-state index < -0.39 is 0 Å². The molecule has 0 aliphatic carbocycles. The summed E-state index contributed by atoms with van der Waals surface area (Å²) in [6.45, 7) is 2.65. The van der Waals surface area contributed by atoms with E-state index in [4.69, 9.17) is 9.47 Å². The number of aromatic nitrogens is 1. The molecule has 0 bridgehead atoms. The zero-order chi connectivity index (χ0) is 19.7. The number of hydrogen-bond acceptors (Lipinski definition) is 6. The number of thiophene rings is 1. The maximum atomic E-state index is 13.4. The number of nitrogens with zero attached hydrogens (tertiary/aromatic N) is 2. The summed E-state index contributed by atoms with van der Waals surface area (Å²) in [4.78, 5) is 21.8. The number of likely N-dealkylation sites (tertiary alicyclic amines) is 1. The molecule has 1 saturated heterocycles. The smallest absolute Gasteiger partial charge is 0.266 e. The highest BCUT2D eigenvalue weighted by molar-refractivity contribution is 7.22. The number of amides is 1. The van der Waals surface area contributed by atoms with Crippen LogP contribution in [0.4, 0.5) is 0 Å². The number of ether oxygens (including phenoxy) is 2. The lowest BCUT2D eigenvalue weighted by atomic mass is 10.0. The molecular weight excluding hydrogens is 392 g/mol. The molecule has 0 N–H and O–H groups in total. The molecule has 28 heavy (non-hydrogen) atoms. The maximum Gasteiger partial charge on any atom is 0.266 e. The van der Waals surface area contributed by atoms with Gasteiger partial charge in [-0.15, -0.1) is 22.7 Å². The summed E-state index contributed by atoms with van der Waals surface area (Å²) in [5.41, 5.74) is 1.79. The molecule has 4 rings (SSSR count). The Labute approximate surface area is 172 Å². The molecule has 1 aliphatic rings. The monoisotopic (exact) mass is 414 g/mol. The van der Waals surface area contributed by atoms with E-state index in [9.17, 15) is 4.79 Å². The summed E-state index contributed by atoms with van der Waals surface area (Å²) in [6.07, 6.45) is 1.87. The Morgan fingerprint density at radius 2 is 2.11 bits per heavy atom. The van der Waals surface area contributed by atoms with Crippen LogP contribution >= 0.6 is 22.7 Å². The summed E-state index contributed by atoms with van der Waals surface area (Å²) in [6, 6.07) is 9.78. The SMILES string of the molecule is COc1ccc(OC)c(C2CCCN2C(=O)c2sc(-c3cccs3)nc2C)c1. The quantitative estimate of drug-likeness (QED) is 0.578. The van der Waals surface area contributed by atoms with Crippen molar-refractivity contribution in [1.29, 1.82) is 0 Å². The summed E-state index contributed by atoms with van der Waals surface area (Å²) >= 11 is 3.12. The first-order valence-corrected chi connectivity index (χ1v) is 10.9. The van der Waals surface area contributed by atoms with Gasteiger partial charge in [0.15, 0.2) is 0 Å². The Hall–Kier alpha value is -2.38. The Balaban J connectivity index is 1.67. The molecule has 5 nitrogen and oxygen atoms in total. The minimum Gasteiger partial charge on any atom is -0.497 e. The molecule has 0 spiro atoms.